The minimum atomic E-state index is -0.427. The first-order valence-electron chi connectivity index (χ1n) is 10.1. The highest BCUT2D eigenvalue weighted by molar-refractivity contribution is 6.04. The predicted molar refractivity (Wildman–Crippen MR) is 126 cm³/mol. The van der Waals surface area contributed by atoms with Gasteiger partial charge in [0, 0.05) is 23.9 Å². The molecule has 33 heavy (non-hydrogen) atoms. The maximum atomic E-state index is 12.8. The lowest BCUT2D eigenvalue weighted by Gasteiger charge is -2.10. The Morgan fingerprint density at radius 1 is 0.879 bits per heavy atom. The van der Waals surface area contributed by atoms with Gasteiger partial charge >= 0.3 is 0 Å². The molecule has 8 nitrogen and oxygen atoms in total. The van der Waals surface area contributed by atoms with Gasteiger partial charge in [-0.1, -0.05) is 36.4 Å². The van der Waals surface area contributed by atoms with Gasteiger partial charge in [-0.25, -0.2) is 9.97 Å². The molecule has 0 aliphatic rings. The number of para-hydroxylation sites is 1. The van der Waals surface area contributed by atoms with Crippen LogP contribution < -0.4 is 21.1 Å². The second-order valence-corrected chi connectivity index (χ2v) is 7.05. The number of rotatable bonds is 6. The highest BCUT2D eigenvalue weighted by Crippen LogP contribution is 2.24. The number of aromatic nitrogens is 2. The van der Waals surface area contributed by atoms with E-state index in [4.69, 9.17) is 10.5 Å². The first-order valence-corrected chi connectivity index (χ1v) is 10.1. The fourth-order valence-corrected chi connectivity index (χ4v) is 3.11. The Balaban J connectivity index is 1.53. The zero-order valence-corrected chi connectivity index (χ0v) is 17.8. The summed E-state index contributed by atoms with van der Waals surface area (Å²) in [6.45, 7) is 0. The van der Waals surface area contributed by atoms with Crippen LogP contribution in [-0.4, -0.2) is 28.8 Å². The molecule has 3 aromatic carbocycles. The summed E-state index contributed by atoms with van der Waals surface area (Å²) in [4.78, 5) is 33.2. The van der Waals surface area contributed by atoms with Crippen LogP contribution in [-0.2, 0) is 0 Å². The smallest absolute Gasteiger partial charge is 0.273 e. The molecule has 0 atom stereocenters. The standard InChI is InChI=1S/C25H21N5O3/c1-27-25(32)22-23(26)28-15-21(30-22)16-7-5-9-18(13-16)29-24(31)17-8-6-12-20(14-17)33-19-10-3-2-4-11-19/h2-15H,1H3,(H2,26,28)(H,27,32)(H,29,31). The monoisotopic (exact) mass is 439 g/mol. The number of hydrogen-bond acceptors (Lipinski definition) is 6. The minimum absolute atomic E-state index is 0.0414. The molecule has 0 spiro atoms. The first kappa shape index (κ1) is 21.5. The summed E-state index contributed by atoms with van der Waals surface area (Å²) < 4.78 is 5.81. The van der Waals surface area contributed by atoms with Gasteiger partial charge in [-0.3, -0.25) is 9.59 Å². The minimum Gasteiger partial charge on any atom is -0.457 e. The van der Waals surface area contributed by atoms with Crippen LogP contribution in [0.5, 0.6) is 11.5 Å². The summed E-state index contributed by atoms with van der Waals surface area (Å²) in [6.07, 6.45) is 1.48. The van der Waals surface area contributed by atoms with Gasteiger partial charge in [0.15, 0.2) is 11.5 Å². The summed E-state index contributed by atoms with van der Waals surface area (Å²) in [7, 11) is 1.49. The molecule has 4 N–H and O–H groups in total. The molecule has 164 valence electrons. The van der Waals surface area contributed by atoms with Crippen LogP contribution in [0.25, 0.3) is 11.3 Å². The van der Waals surface area contributed by atoms with E-state index in [1.165, 1.54) is 13.2 Å². The number of nitrogens with one attached hydrogen (secondary N) is 2. The lowest BCUT2D eigenvalue weighted by atomic mass is 10.1. The van der Waals surface area contributed by atoms with E-state index in [1.54, 1.807) is 48.5 Å². The molecule has 4 aromatic rings. The molecular formula is C25H21N5O3. The lowest BCUT2D eigenvalue weighted by molar-refractivity contribution is 0.0958. The largest absolute Gasteiger partial charge is 0.457 e. The molecule has 0 radical (unpaired) electrons. The first-order chi connectivity index (χ1) is 16.0. The molecule has 0 unspecified atom stereocenters. The average Bonchev–Trinajstić information content (AvgIpc) is 2.85. The summed E-state index contributed by atoms with van der Waals surface area (Å²) >= 11 is 0. The fraction of sp³-hybridized carbons (Fsp3) is 0.0400. The normalized spacial score (nSPS) is 10.3. The number of benzene rings is 3. The van der Waals surface area contributed by atoms with Gasteiger partial charge in [0.25, 0.3) is 11.8 Å². The molecule has 4 rings (SSSR count). The number of nitrogen functional groups attached to an aromatic ring is 1. The molecule has 0 aliphatic carbocycles. The highest BCUT2D eigenvalue weighted by atomic mass is 16.5. The second kappa shape index (κ2) is 9.61. The highest BCUT2D eigenvalue weighted by Gasteiger charge is 2.14. The van der Waals surface area contributed by atoms with Crippen LogP contribution in [0.4, 0.5) is 11.5 Å². The van der Waals surface area contributed by atoms with Crippen molar-refractivity contribution in [2.24, 2.45) is 0 Å². The van der Waals surface area contributed by atoms with Gasteiger partial charge in [-0.05, 0) is 42.5 Å². The van der Waals surface area contributed by atoms with Crippen molar-refractivity contribution >= 4 is 23.3 Å². The second-order valence-electron chi connectivity index (χ2n) is 7.05. The van der Waals surface area contributed by atoms with Gasteiger partial charge in [0.1, 0.15) is 11.5 Å². The number of amides is 2. The third-order valence-electron chi connectivity index (χ3n) is 4.73. The number of nitrogens with two attached hydrogens (primary N) is 1. The Labute approximate surface area is 190 Å². The zero-order valence-electron chi connectivity index (χ0n) is 17.8. The summed E-state index contributed by atoms with van der Waals surface area (Å²) in [6, 6.07) is 23.3. The molecule has 0 fully saturated rings. The SMILES string of the molecule is CNC(=O)c1nc(-c2cccc(NC(=O)c3cccc(Oc4ccccc4)c3)c2)cnc1N. The van der Waals surface area contributed by atoms with Crippen molar-refractivity contribution in [3.05, 3.63) is 96.3 Å². The van der Waals surface area contributed by atoms with Crippen LogP contribution in [0.15, 0.2) is 85.1 Å². The summed E-state index contributed by atoms with van der Waals surface area (Å²) in [5.74, 6) is 0.564. The third-order valence-corrected chi connectivity index (χ3v) is 4.73. The van der Waals surface area contributed by atoms with Crippen LogP contribution >= 0.6 is 0 Å². The summed E-state index contributed by atoms with van der Waals surface area (Å²) in [5.41, 5.74) is 7.94. The lowest BCUT2D eigenvalue weighted by Crippen LogP contribution is -2.21. The number of anilines is 2. The van der Waals surface area contributed by atoms with Crippen molar-refractivity contribution in [3.63, 3.8) is 0 Å². The van der Waals surface area contributed by atoms with Gasteiger partial charge in [-0.2, -0.15) is 0 Å². The number of nitrogens with zero attached hydrogens (tertiary/aromatic N) is 2. The van der Waals surface area contributed by atoms with Crippen molar-refractivity contribution in [2.75, 3.05) is 18.1 Å². The van der Waals surface area contributed by atoms with E-state index in [-0.39, 0.29) is 17.4 Å². The van der Waals surface area contributed by atoms with Gasteiger partial charge < -0.3 is 21.1 Å². The van der Waals surface area contributed by atoms with Crippen LogP contribution in [0.2, 0.25) is 0 Å². The predicted octanol–water partition coefficient (Wildman–Crippen LogP) is 4.13. The van der Waals surface area contributed by atoms with Crippen molar-refractivity contribution < 1.29 is 14.3 Å². The fourth-order valence-electron chi connectivity index (χ4n) is 3.11. The molecule has 0 saturated carbocycles. The van der Waals surface area contributed by atoms with E-state index in [0.29, 0.717) is 34.0 Å². The maximum Gasteiger partial charge on any atom is 0.273 e. The molecule has 0 bridgehead atoms. The van der Waals surface area contributed by atoms with Crippen LogP contribution in [0.3, 0.4) is 0 Å². The Bertz CT molecular complexity index is 1310. The topological polar surface area (TPSA) is 119 Å². The van der Waals surface area contributed by atoms with E-state index >= 15 is 0 Å². The van der Waals surface area contributed by atoms with Gasteiger partial charge in [-0.15, -0.1) is 0 Å². The van der Waals surface area contributed by atoms with Crippen molar-refractivity contribution in [3.8, 4) is 22.8 Å². The Morgan fingerprint density at radius 3 is 2.42 bits per heavy atom. The molecule has 1 aromatic heterocycles. The molecule has 0 saturated heterocycles. The number of hydrogen-bond donors (Lipinski definition) is 3. The Kier molecular flexibility index (Phi) is 6.26. The maximum absolute atomic E-state index is 12.8. The number of carbonyl (C=O) groups is 2. The van der Waals surface area contributed by atoms with E-state index in [1.807, 2.05) is 30.3 Å². The number of carbonyl (C=O) groups excluding carboxylic acids is 2. The summed E-state index contributed by atoms with van der Waals surface area (Å²) in [5, 5.41) is 5.36. The third kappa shape index (κ3) is 5.13. The number of ether oxygens (including phenoxy) is 1. The molecular weight excluding hydrogens is 418 g/mol. The van der Waals surface area contributed by atoms with E-state index in [0.717, 1.165) is 0 Å². The molecule has 1 heterocycles. The average molecular weight is 439 g/mol. The van der Waals surface area contributed by atoms with E-state index < -0.39 is 5.91 Å². The van der Waals surface area contributed by atoms with E-state index in [9.17, 15) is 9.59 Å². The van der Waals surface area contributed by atoms with E-state index in [2.05, 4.69) is 20.6 Å². The Hall–Kier alpha value is -4.72. The van der Waals surface area contributed by atoms with Crippen LogP contribution in [0, 0.1) is 0 Å². The molecule has 8 heteroatoms. The quantitative estimate of drug-likeness (QED) is 0.416. The van der Waals surface area contributed by atoms with Gasteiger partial charge in [0.05, 0.1) is 11.9 Å². The molecule has 0 aliphatic heterocycles. The van der Waals surface area contributed by atoms with Crippen molar-refractivity contribution in [1.82, 2.24) is 15.3 Å². The Morgan fingerprint density at radius 2 is 1.64 bits per heavy atom. The van der Waals surface area contributed by atoms with Gasteiger partial charge in [0.2, 0.25) is 0 Å². The van der Waals surface area contributed by atoms with Crippen LogP contribution in [0.1, 0.15) is 20.8 Å². The van der Waals surface area contributed by atoms with Crippen molar-refractivity contribution in [1.29, 1.82) is 0 Å². The molecule has 2 amide bonds. The zero-order chi connectivity index (χ0) is 23.2. The van der Waals surface area contributed by atoms with Crippen molar-refractivity contribution in [2.45, 2.75) is 0 Å².